The first-order valence-electron chi connectivity index (χ1n) is 7.70. The van der Waals surface area contributed by atoms with E-state index in [1.807, 2.05) is 4.90 Å². The van der Waals surface area contributed by atoms with Crippen molar-refractivity contribution in [1.82, 2.24) is 15.0 Å². The molecule has 1 saturated heterocycles. The van der Waals surface area contributed by atoms with E-state index in [9.17, 15) is 13.2 Å². The molecule has 0 radical (unpaired) electrons. The van der Waals surface area contributed by atoms with Gasteiger partial charge in [0.05, 0.1) is 12.8 Å². The molecule has 1 fully saturated rings. The summed E-state index contributed by atoms with van der Waals surface area (Å²) in [5, 5.41) is 0. The summed E-state index contributed by atoms with van der Waals surface area (Å²) in [7, 11) is 0. The smallest absolute Gasteiger partial charge is 0.433 e. The van der Waals surface area contributed by atoms with Crippen molar-refractivity contribution < 1.29 is 17.9 Å². The molecule has 1 aliphatic rings. The van der Waals surface area contributed by atoms with Crippen LogP contribution in [0, 0.1) is 5.92 Å². The molecule has 1 atom stereocenters. The fourth-order valence-electron chi connectivity index (χ4n) is 2.73. The van der Waals surface area contributed by atoms with Gasteiger partial charge in [0.2, 0.25) is 5.88 Å². The number of hydrogen-bond acceptors (Lipinski definition) is 5. The lowest BCUT2D eigenvalue weighted by Gasteiger charge is -2.33. The number of halogens is 3. The zero-order valence-corrected chi connectivity index (χ0v) is 12.9. The summed E-state index contributed by atoms with van der Waals surface area (Å²) < 4.78 is 44.0. The van der Waals surface area contributed by atoms with E-state index >= 15 is 0 Å². The first kappa shape index (κ1) is 16.5. The second-order valence-corrected chi connectivity index (χ2v) is 5.69. The summed E-state index contributed by atoms with van der Waals surface area (Å²) in [6, 6.07) is 3.99. The van der Waals surface area contributed by atoms with Gasteiger partial charge in [-0.2, -0.15) is 13.2 Å². The molecule has 0 aromatic carbocycles. The first-order valence-corrected chi connectivity index (χ1v) is 7.70. The lowest BCUT2D eigenvalue weighted by atomic mass is 9.99. The Bertz CT molecular complexity index is 666. The molecule has 0 aliphatic carbocycles. The molecule has 24 heavy (non-hydrogen) atoms. The number of hydrogen-bond donors (Lipinski definition) is 0. The standard InChI is InChI=1S/C16H17F3N4O/c17-16(18,19)13-4-1-5-14(22-13)23-8-2-3-12(10-23)11-24-15-9-20-6-7-21-15/h1,4-7,9,12H,2-3,8,10-11H2. The van der Waals surface area contributed by atoms with E-state index < -0.39 is 11.9 Å². The van der Waals surface area contributed by atoms with Crippen LogP contribution in [0.5, 0.6) is 5.88 Å². The number of rotatable bonds is 4. The monoisotopic (exact) mass is 338 g/mol. The Labute approximate surface area is 137 Å². The molecule has 8 heteroatoms. The van der Waals surface area contributed by atoms with E-state index in [1.54, 1.807) is 18.5 Å². The minimum Gasteiger partial charge on any atom is -0.476 e. The van der Waals surface area contributed by atoms with Crippen molar-refractivity contribution in [3.8, 4) is 5.88 Å². The van der Waals surface area contributed by atoms with E-state index in [0.29, 0.717) is 31.4 Å². The molecule has 3 rings (SSSR count). The number of ether oxygens (including phenoxy) is 1. The van der Waals surface area contributed by atoms with Gasteiger partial charge in [0.1, 0.15) is 11.5 Å². The average Bonchev–Trinajstić information content (AvgIpc) is 2.60. The summed E-state index contributed by atoms with van der Waals surface area (Å²) in [6.07, 6.45) is 2.06. The van der Waals surface area contributed by atoms with E-state index in [0.717, 1.165) is 18.9 Å². The van der Waals surface area contributed by atoms with Crippen LogP contribution < -0.4 is 9.64 Å². The molecule has 1 aliphatic heterocycles. The van der Waals surface area contributed by atoms with Crippen LogP contribution in [0.3, 0.4) is 0 Å². The SMILES string of the molecule is FC(F)(F)c1cccc(N2CCCC(COc3cnccn3)C2)n1. The van der Waals surface area contributed by atoms with Gasteiger partial charge in [-0.15, -0.1) is 0 Å². The molecule has 5 nitrogen and oxygen atoms in total. The number of piperidine rings is 1. The zero-order valence-electron chi connectivity index (χ0n) is 12.9. The maximum absolute atomic E-state index is 12.8. The predicted molar refractivity (Wildman–Crippen MR) is 81.7 cm³/mol. The number of anilines is 1. The van der Waals surface area contributed by atoms with Gasteiger partial charge >= 0.3 is 6.18 Å². The highest BCUT2D eigenvalue weighted by Crippen LogP contribution is 2.30. The number of pyridine rings is 1. The van der Waals surface area contributed by atoms with Crippen molar-refractivity contribution in [2.75, 3.05) is 24.6 Å². The lowest BCUT2D eigenvalue weighted by molar-refractivity contribution is -0.141. The van der Waals surface area contributed by atoms with Crippen molar-refractivity contribution in [2.24, 2.45) is 5.92 Å². The highest BCUT2D eigenvalue weighted by atomic mass is 19.4. The molecule has 0 amide bonds. The third kappa shape index (κ3) is 4.12. The van der Waals surface area contributed by atoms with Gasteiger partial charge in [-0.3, -0.25) is 4.98 Å². The Hall–Kier alpha value is -2.38. The molecule has 0 saturated carbocycles. The molecule has 128 valence electrons. The van der Waals surface area contributed by atoms with Gasteiger partial charge in [0.15, 0.2) is 0 Å². The topological polar surface area (TPSA) is 51.1 Å². The van der Waals surface area contributed by atoms with E-state index in [-0.39, 0.29) is 5.92 Å². The second-order valence-electron chi connectivity index (χ2n) is 5.69. The molecule has 0 N–H and O–H groups in total. The quantitative estimate of drug-likeness (QED) is 0.857. The second kappa shape index (κ2) is 7.02. The Balaban J connectivity index is 1.63. The van der Waals surface area contributed by atoms with Crippen LogP contribution in [-0.4, -0.2) is 34.6 Å². The fourth-order valence-corrected chi connectivity index (χ4v) is 2.73. The molecule has 3 heterocycles. The minimum atomic E-state index is -4.43. The van der Waals surface area contributed by atoms with Crippen LogP contribution in [0.2, 0.25) is 0 Å². The largest absolute Gasteiger partial charge is 0.476 e. The Kier molecular flexibility index (Phi) is 4.82. The van der Waals surface area contributed by atoms with E-state index in [4.69, 9.17) is 4.74 Å². The van der Waals surface area contributed by atoms with Crippen molar-refractivity contribution in [1.29, 1.82) is 0 Å². The van der Waals surface area contributed by atoms with Crippen molar-refractivity contribution in [2.45, 2.75) is 19.0 Å². The van der Waals surface area contributed by atoms with Crippen molar-refractivity contribution in [3.63, 3.8) is 0 Å². The summed E-state index contributed by atoms with van der Waals surface area (Å²) in [4.78, 5) is 13.6. The maximum Gasteiger partial charge on any atom is 0.433 e. The first-order chi connectivity index (χ1) is 11.5. The van der Waals surface area contributed by atoms with Gasteiger partial charge in [-0.1, -0.05) is 6.07 Å². The normalized spacial score (nSPS) is 18.5. The van der Waals surface area contributed by atoms with Crippen LogP contribution in [0.4, 0.5) is 19.0 Å². The minimum absolute atomic E-state index is 0.206. The van der Waals surface area contributed by atoms with Crippen molar-refractivity contribution >= 4 is 5.82 Å². The summed E-state index contributed by atoms with van der Waals surface area (Å²) >= 11 is 0. The van der Waals surface area contributed by atoms with E-state index in [2.05, 4.69) is 15.0 Å². The summed E-state index contributed by atoms with van der Waals surface area (Å²) in [5.41, 5.74) is -0.863. The van der Waals surface area contributed by atoms with Gasteiger partial charge in [0.25, 0.3) is 0 Å². The number of alkyl halides is 3. The third-order valence-electron chi connectivity index (χ3n) is 3.87. The molecular weight excluding hydrogens is 321 g/mol. The molecule has 0 bridgehead atoms. The molecule has 0 spiro atoms. The predicted octanol–water partition coefficient (Wildman–Crippen LogP) is 3.19. The van der Waals surface area contributed by atoms with Crippen LogP contribution in [0.25, 0.3) is 0 Å². The van der Waals surface area contributed by atoms with Gasteiger partial charge in [0, 0.05) is 31.4 Å². The average molecular weight is 338 g/mol. The summed E-state index contributed by atoms with van der Waals surface area (Å²) in [6.45, 7) is 1.75. The highest BCUT2D eigenvalue weighted by molar-refractivity contribution is 5.40. The van der Waals surface area contributed by atoms with Crippen LogP contribution in [0.1, 0.15) is 18.5 Å². The van der Waals surface area contributed by atoms with Gasteiger partial charge in [-0.05, 0) is 25.0 Å². The Morgan fingerprint density at radius 3 is 2.88 bits per heavy atom. The van der Waals surface area contributed by atoms with E-state index in [1.165, 1.54) is 12.3 Å². The maximum atomic E-state index is 12.8. The lowest BCUT2D eigenvalue weighted by Crippen LogP contribution is -2.38. The number of aromatic nitrogens is 3. The molecule has 2 aromatic rings. The van der Waals surface area contributed by atoms with Gasteiger partial charge < -0.3 is 9.64 Å². The summed E-state index contributed by atoms with van der Waals surface area (Å²) in [5.74, 6) is 1.01. The van der Waals surface area contributed by atoms with Gasteiger partial charge in [-0.25, -0.2) is 9.97 Å². The fraction of sp³-hybridized carbons (Fsp3) is 0.438. The Morgan fingerprint density at radius 1 is 1.25 bits per heavy atom. The third-order valence-corrected chi connectivity index (χ3v) is 3.87. The zero-order chi connectivity index (χ0) is 17.0. The van der Waals surface area contributed by atoms with Crippen LogP contribution in [-0.2, 0) is 6.18 Å². The number of nitrogens with zero attached hydrogens (tertiary/aromatic N) is 4. The highest BCUT2D eigenvalue weighted by Gasteiger charge is 2.33. The Morgan fingerprint density at radius 2 is 2.12 bits per heavy atom. The van der Waals surface area contributed by atoms with Crippen molar-refractivity contribution in [3.05, 3.63) is 42.5 Å². The molecule has 2 aromatic heterocycles. The van der Waals surface area contributed by atoms with Crippen LogP contribution in [0.15, 0.2) is 36.8 Å². The molecular formula is C16H17F3N4O. The molecule has 1 unspecified atom stereocenters. The van der Waals surface area contributed by atoms with Crippen LogP contribution >= 0.6 is 0 Å².